The Balaban J connectivity index is 1.65. The first-order chi connectivity index (χ1) is 13.0. The van der Waals surface area contributed by atoms with E-state index in [1.54, 1.807) is 29.1 Å². The first-order valence-electron chi connectivity index (χ1n) is 8.20. The molecule has 0 aliphatic heterocycles. The minimum atomic E-state index is -0.171. The molecule has 1 aromatic heterocycles. The lowest BCUT2D eigenvalue weighted by atomic mass is 10.1. The summed E-state index contributed by atoms with van der Waals surface area (Å²) in [5.41, 5.74) is 4.47. The number of anilines is 1. The smallest absolute Gasteiger partial charge is 0.255 e. The summed E-state index contributed by atoms with van der Waals surface area (Å²) in [6, 6.07) is 18.2. The van der Waals surface area contributed by atoms with Gasteiger partial charge in [-0.3, -0.25) is 4.79 Å². The van der Waals surface area contributed by atoms with Crippen molar-refractivity contribution in [3.63, 3.8) is 0 Å². The Hall–Kier alpha value is -2.70. The number of nitrogens with one attached hydrogen (secondary N) is 1. The molecule has 0 aliphatic carbocycles. The second-order valence-electron chi connectivity index (χ2n) is 6.08. The highest BCUT2D eigenvalue weighted by molar-refractivity contribution is 9.10. The summed E-state index contributed by atoms with van der Waals surface area (Å²) in [4.78, 5) is 14.0. The van der Waals surface area contributed by atoms with Crippen LogP contribution in [0.4, 0.5) is 5.69 Å². The maximum Gasteiger partial charge on any atom is 0.255 e. The van der Waals surface area contributed by atoms with Crippen molar-refractivity contribution in [3.05, 3.63) is 81.3 Å². The molecular weight excluding hydrogens is 428 g/mol. The van der Waals surface area contributed by atoms with E-state index in [2.05, 4.69) is 31.4 Å². The lowest BCUT2D eigenvalue weighted by molar-refractivity contribution is 0.102. The molecule has 1 heterocycles. The lowest BCUT2D eigenvalue weighted by Gasteiger charge is -2.08. The highest BCUT2D eigenvalue weighted by atomic mass is 79.9. The maximum atomic E-state index is 12.5. The van der Waals surface area contributed by atoms with Crippen LogP contribution in [0.3, 0.4) is 0 Å². The molecule has 0 radical (unpaired) electrons. The van der Waals surface area contributed by atoms with Crippen LogP contribution in [0.25, 0.3) is 16.7 Å². The van der Waals surface area contributed by atoms with Crippen molar-refractivity contribution < 1.29 is 4.79 Å². The van der Waals surface area contributed by atoms with Crippen LogP contribution < -0.4 is 5.32 Å². The van der Waals surface area contributed by atoms with Crippen molar-refractivity contribution in [3.8, 4) is 5.69 Å². The first kappa shape index (κ1) is 17.7. The van der Waals surface area contributed by atoms with E-state index in [0.29, 0.717) is 21.8 Å². The largest absolute Gasteiger partial charge is 0.322 e. The Bertz CT molecular complexity index is 1140. The van der Waals surface area contributed by atoms with Crippen LogP contribution in [-0.4, -0.2) is 20.9 Å². The van der Waals surface area contributed by atoms with Crippen molar-refractivity contribution in [2.75, 3.05) is 5.32 Å². The summed E-state index contributed by atoms with van der Waals surface area (Å²) < 4.78 is 0.926. The third-order valence-corrected chi connectivity index (χ3v) is 4.92. The number of carbonyl (C=O) groups is 1. The van der Waals surface area contributed by atoms with E-state index in [9.17, 15) is 4.79 Å². The van der Waals surface area contributed by atoms with Gasteiger partial charge in [-0.1, -0.05) is 27.5 Å². The number of nitrogens with zero attached hydrogens (tertiary/aromatic N) is 3. The maximum absolute atomic E-state index is 12.5. The third-order valence-electron chi connectivity index (χ3n) is 4.14. The van der Waals surface area contributed by atoms with Crippen molar-refractivity contribution in [1.82, 2.24) is 15.0 Å². The number of benzene rings is 3. The van der Waals surface area contributed by atoms with Crippen LogP contribution in [-0.2, 0) is 0 Å². The SMILES string of the molecule is Cc1cc2nn(-c3ccc(Cl)cc3)nc2cc1NC(=O)c1ccc(Br)cc1. The van der Waals surface area contributed by atoms with Gasteiger partial charge in [-0.15, -0.1) is 10.2 Å². The molecule has 4 aromatic rings. The van der Waals surface area contributed by atoms with Crippen molar-refractivity contribution >= 4 is 50.2 Å². The van der Waals surface area contributed by atoms with Crippen LogP contribution in [0.5, 0.6) is 0 Å². The Morgan fingerprint density at radius 1 is 1.00 bits per heavy atom. The van der Waals surface area contributed by atoms with Crippen LogP contribution in [0.2, 0.25) is 5.02 Å². The van der Waals surface area contributed by atoms with Gasteiger partial charge < -0.3 is 5.32 Å². The van der Waals surface area contributed by atoms with Gasteiger partial charge in [0.05, 0.1) is 5.69 Å². The quantitative estimate of drug-likeness (QED) is 0.463. The summed E-state index contributed by atoms with van der Waals surface area (Å²) in [7, 11) is 0. The standard InChI is InChI=1S/C20H14BrClN4O/c1-12-10-18-19(25-26(24-18)16-8-6-15(22)7-9-16)11-17(12)23-20(27)13-2-4-14(21)5-3-13/h2-11H,1H3,(H,23,27). The number of amides is 1. The first-order valence-corrected chi connectivity index (χ1v) is 9.37. The van der Waals surface area contributed by atoms with Gasteiger partial charge >= 0.3 is 0 Å². The fraction of sp³-hybridized carbons (Fsp3) is 0.0500. The van der Waals surface area contributed by atoms with Crippen LogP contribution in [0.15, 0.2) is 65.1 Å². The predicted molar refractivity (Wildman–Crippen MR) is 111 cm³/mol. The van der Waals surface area contributed by atoms with Gasteiger partial charge in [0.1, 0.15) is 11.0 Å². The molecule has 134 valence electrons. The third kappa shape index (κ3) is 3.72. The summed E-state index contributed by atoms with van der Waals surface area (Å²) >= 11 is 9.30. The van der Waals surface area contributed by atoms with E-state index < -0.39 is 0 Å². The predicted octanol–water partition coefficient (Wildman–Crippen LogP) is 5.40. The summed E-state index contributed by atoms with van der Waals surface area (Å²) in [6.07, 6.45) is 0. The number of carbonyl (C=O) groups excluding carboxylic acids is 1. The summed E-state index contributed by atoms with van der Waals surface area (Å²) in [5, 5.41) is 12.6. The van der Waals surface area contributed by atoms with E-state index in [4.69, 9.17) is 11.6 Å². The average molecular weight is 442 g/mol. The zero-order valence-corrected chi connectivity index (χ0v) is 16.6. The van der Waals surface area contributed by atoms with E-state index in [0.717, 1.165) is 21.2 Å². The molecule has 0 bridgehead atoms. The van der Waals surface area contributed by atoms with Crippen LogP contribution in [0.1, 0.15) is 15.9 Å². The molecule has 1 amide bonds. The monoisotopic (exact) mass is 440 g/mol. The molecule has 0 unspecified atom stereocenters. The number of hydrogen-bond donors (Lipinski definition) is 1. The second-order valence-corrected chi connectivity index (χ2v) is 7.43. The van der Waals surface area contributed by atoms with E-state index in [1.165, 1.54) is 0 Å². The zero-order valence-electron chi connectivity index (χ0n) is 14.3. The zero-order chi connectivity index (χ0) is 19.0. The van der Waals surface area contributed by atoms with Gasteiger partial charge in [-0.2, -0.15) is 4.80 Å². The Morgan fingerprint density at radius 3 is 2.30 bits per heavy atom. The molecule has 0 fully saturated rings. The van der Waals surface area contributed by atoms with Crippen LogP contribution >= 0.6 is 27.5 Å². The number of halogens is 2. The Kier molecular flexibility index (Phi) is 4.68. The van der Waals surface area contributed by atoms with Gasteiger partial charge in [-0.05, 0) is 73.2 Å². The highest BCUT2D eigenvalue weighted by Gasteiger charge is 2.12. The minimum Gasteiger partial charge on any atom is -0.322 e. The highest BCUT2D eigenvalue weighted by Crippen LogP contribution is 2.23. The van der Waals surface area contributed by atoms with E-state index in [1.807, 2.05) is 43.3 Å². The van der Waals surface area contributed by atoms with Crippen molar-refractivity contribution in [2.24, 2.45) is 0 Å². The molecule has 3 aromatic carbocycles. The average Bonchev–Trinajstić information content (AvgIpc) is 3.05. The molecule has 0 spiro atoms. The molecule has 1 N–H and O–H groups in total. The number of fused-ring (bicyclic) bond motifs is 1. The molecule has 7 heteroatoms. The van der Waals surface area contributed by atoms with Crippen LogP contribution in [0, 0.1) is 6.92 Å². The fourth-order valence-electron chi connectivity index (χ4n) is 2.69. The van der Waals surface area contributed by atoms with Gasteiger partial charge in [-0.25, -0.2) is 0 Å². The van der Waals surface area contributed by atoms with Gasteiger partial charge in [0.25, 0.3) is 5.91 Å². The Morgan fingerprint density at radius 2 is 1.63 bits per heavy atom. The molecule has 27 heavy (non-hydrogen) atoms. The molecule has 0 saturated carbocycles. The number of hydrogen-bond acceptors (Lipinski definition) is 3. The molecule has 0 aliphatic rings. The summed E-state index contributed by atoms with van der Waals surface area (Å²) in [5.74, 6) is -0.171. The molecule has 0 saturated heterocycles. The fourth-order valence-corrected chi connectivity index (χ4v) is 3.08. The topological polar surface area (TPSA) is 59.8 Å². The lowest BCUT2D eigenvalue weighted by Crippen LogP contribution is -2.12. The van der Waals surface area contributed by atoms with Crippen molar-refractivity contribution in [1.29, 1.82) is 0 Å². The Labute approximate surface area is 169 Å². The summed E-state index contributed by atoms with van der Waals surface area (Å²) in [6.45, 7) is 1.93. The van der Waals surface area contributed by atoms with Gasteiger partial charge in [0.2, 0.25) is 0 Å². The van der Waals surface area contributed by atoms with Gasteiger partial charge in [0, 0.05) is 20.7 Å². The number of aryl methyl sites for hydroxylation is 1. The van der Waals surface area contributed by atoms with E-state index >= 15 is 0 Å². The molecule has 0 atom stereocenters. The molecular formula is C20H14BrClN4O. The number of rotatable bonds is 3. The minimum absolute atomic E-state index is 0.171. The second kappa shape index (κ2) is 7.13. The number of aromatic nitrogens is 3. The van der Waals surface area contributed by atoms with E-state index in [-0.39, 0.29) is 5.91 Å². The molecule has 4 rings (SSSR count). The molecule has 5 nitrogen and oxygen atoms in total. The normalized spacial score (nSPS) is 10.9. The van der Waals surface area contributed by atoms with Crippen molar-refractivity contribution in [2.45, 2.75) is 6.92 Å². The van der Waals surface area contributed by atoms with Gasteiger partial charge in [0.15, 0.2) is 0 Å².